The summed E-state index contributed by atoms with van der Waals surface area (Å²) in [7, 11) is 0. The van der Waals surface area contributed by atoms with Crippen LogP contribution in [0.5, 0.6) is 0 Å². The van der Waals surface area contributed by atoms with Gasteiger partial charge in [0, 0.05) is 11.9 Å². The number of carboxylic acid groups (broad SMARTS) is 1. The van der Waals surface area contributed by atoms with E-state index in [1.165, 1.54) is 35.3 Å². The zero-order valence-electron chi connectivity index (χ0n) is 9.74. The topological polar surface area (TPSA) is 50.2 Å². The first-order chi connectivity index (χ1) is 8.63. The number of rotatable bonds is 6. The lowest BCUT2D eigenvalue weighted by Gasteiger charge is -2.11. The average Bonchev–Trinajstić information content (AvgIpc) is 2.35. The maximum absolute atomic E-state index is 11.1. The van der Waals surface area contributed by atoms with Crippen LogP contribution in [0.4, 0.5) is 0 Å². The molecule has 0 aromatic carbocycles. The first-order valence-electron chi connectivity index (χ1n) is 5.23. The number of carbonyl (C=O) groups is 1. The molecular weight excluding hydrogens is 306 g/mol. The third kappa shape index (κ3) is 6.08. The highest BCUT2D eigenvalue weighted by molar-refractivity contribution is 8.47. The summed E-state index contributed by atoms with van der Waals surface area (Å²) in [5.74, 6) is 0.495. The van der Waals surface area contributed by atoms with Crippen LogP contribution < -0.4 is 0 Å². The Balaban J connectivity index is 2.48. The Kier molecular flexibility index (Phi) is 7.73. The molecule has 0 aliphatic carbocycles. The van der Waals surface area contributed by atoms with Crippen molar-refractivity contribution in [2.45, 2.75) is 17.2 Å². The Hall–Kier alpha value is -0.240. The molecule has 0 bridgehead atoms. The Bertz CT molecular complexity index is 399. The minimum Gasteiger partial charge on any atom is -0.480 e. The van der Waals surface area contributed by atoms with Gasteiger partial charge >= 0.3 is 5.97 Å². The fourth-order valence-corrected chi connectivity index (χ4v) is 4.51. The van der Waals surface area contributed by atoms with Crippen molar-refractivity contribution >= 4 is 57.0 Å². The molecule has 1 rings (SSSR count). The van der Waals surface area contributed by atoms with E-state index in [9.17, 15) is 4.79 Å². The molecule has 1 aromatic rings. The lowest BCUT2D eigenvalue weighted by Crippen LogP contribution is -2.20. The Morgan fingerprint density at radius 3 is 2.89 bits per heavy atom. The summed E-state index contributed by atoms with van der Waals surface area (Å²) in [6.45, 7) is 2.00. The number of hydrogen-bond acceptors (Lipinski definition) is 6. The van der Waals surface area contributed by atoms with Crippen LogP contribution in [0.3, 0.4) is 0 Å². The molecule has 18 heavy (non-hydrogen) atoms. The van der Waals surface area contributed by atoms with E-state index < -0.39 is 11.2 Å². The highest BCUT2D eigenvalue weighted by atomic mass is 32.2. The van der Waals surface area contributed by atoms with Crippen molar-refractivity contribution in [3.63, 3.8) is 0 Å². The van der Waals surface area contributed by atoms with Crippen molar-refractivity contribution in [3.8, 4) is 0 Å². The van der Waals surface area contributed by atoms with Crippen molar-refractivity contribution in [2.75, 3.05) is 11.5 Å². The normalized spacial score (nSPS) is 12.1. The summed E-state index contributed by atoms with van der Waals surface area (Å²) in [6, 6.07) is 5.59. The van der Waals surface area contributed by atoms with Gasteiger partial charge in [0.2, 0.25) is 0 Å². The van der Waals surface area contributed by atoms with Crippen LogP contribution in [0, 0.1) is 0 Å². The van der Waals surface area contributed by atoms with E-state index in [4.69, 9.17) is 17.3 Å². The third-order valence-corrected chi connectivity index (χ3v) is 5.70. The molecular formula is C11H13NO2S4. The van der Waals surface area contributed by atoms with Gasteiger partial charge < -0.3 is 5.11 Å². The molecule has 1 heterocycles. The van der Waals surface area contributed by atoms with Gasteiger partial charge in [-0.15, -0.1) is 23.5 Å². The van der Waals surface area contributed by atoms with Gasteiger partial charge in [0.1, 0.15) is 8.78 Å². The van der Waals surface area contributed by atoms with Crippen LogP contribution in [-0.2, 0) is 4.79 Å². The van der Waals surface area contributed by atoms with E-state index in [1.54, 1.807) is 6.20 Å². The van der Waals surface area contributed by atoms with Gasteiger partial charge in [-0.1, -0.05) is 37.0 Å². The minimum atomic E-state index is -0.831. The SMILES string of the molecule is CCSC(=S)SC(CSc1ccccn1)C(=O)O. The van der Waals surface area contributed by atoms with Gasteiger partial charge in [-0.25, -0.2) is 4.98 Å². The fraction of sp³-hybridized carbons (Fsp3) is 0.364. The first kappa shape index (κ1) is 15.8. The summed E-state index contributed by atoms with van der Waals surface area (Å²) in [6.07, 6.45) is 1.70. The summed E-state index contributed by atoms with van der Waals surface area (Å²) in [5, 5.41) is 9.45. The molecule has 0 radical (unpaired) electrons. The summed E-state index contributed by atoms with van der Waals surface area (Å²) >= 11 is 9.30. The highest BCUT2D eigenvalue weighted by Crippen LogP contribution is 2.27. The highest BCUT2D eigenvalue weighted by Gasteiger charge is 2.20. The van der Waals surface area contributed by atoms with Gasteiger partial charge in [0.25, 0.3) is 0 Å². The predicted molar refractivity (Wildman–Crippen MR) is 84.7 cm³/mol. The Morgan fingerprint density at radius 1 is 1.56 bits per heavy atom. The molecule has 1 N–H and O–H groups in total. The fourth-order valence-electron chi connectivity index (χ4n) is 1.02. The number of thiocarbonyl (C=S) groups is 1. The summed E-state index contributed by atoms with van der Waals surface area (Å²) in [4.78, 5) is 15.3. The summed E-state index contributed by atoms with van der Waals surface area (Å²) < 4.78 is 0.687. The molecule has 1 atom stereocenters. The quantitative estimate of drug-likeness (QED) is 0.637. The molecule has 7 heteroatoms. The zero-order valence-corrected chi connectivity index (χ0v) is 13.0. The maximum atomic E-state index is 11.1. The molecule has 0 amide bonds. The second kappa shape index (κ2) is 8.79. The van der Waals surface area contributed by atoms with Crippen LogP contribution in [-0.4, -0.2) is 36.3 Å². The van der Waals surface area contributed by atoms with Crippen LogP contribution >= 0.6 is 47.5 Å². The molecule has 0 spiro atoms. The molecule has 0 aliphatic heterocycles. The Morgan fingerprint density at radius 2 is 2.33 bits per heavy atom. The van der Waals surface area contributed by atoms with E-state index in [1.807, 2.05) is 25.1 Å². The monoisotopic (exact) mass is 319 g/mol. The van der Waals surface area contributed by atoms with Gasteiger partial charge in [0.05, 0.1) is 5.03 Å². The smallest absolute Gasteiger partial charge is 0.317 e. The standard InChI is InChI=1S/C11H13NO2S4/c1-2-16-11(15)18-8(10(13)14)7-17-9-5-3-4-6-12-9/h3-6,8H,2,7H2,1H3,(H,13,14). The molecule has 0 saturated heterocycles. The van der Waals surface area contributed by atoms with E-state index >= 15 is 0 Å². The average molecular weight is 319 g/mol. The number of thioether (sulfide) groups is 3. The van der Waals surface area contributed by atoms with Crippen LogP contribution in [0.15, 0.2) is 29.4 Å². The molecule has 1 unspecified atom stereocenters. The molecule has 98 valence electrons. The second-order valence-electron chi connectivity index (χ2n) is 3.11. The number of nitrogens with zero attached hydrogens (tertiary/aromatic N) is 1. The van der Waals surface area contributed by atoms with E-state index in [0.29, 0.717) is 9.28 Å². The minimum absolute atomic E-state index is 0.460. The van der Waals surface area contributed by atoms with E-state index in [-0.39, 0.29) is 0 Å². The van der Waals surface area contributed by atoms with Crippen molar-refractivity contribution in [2.24, 2.45) is 0 Å². The van der Waals surface area contributed by atoms with Crippen molar-refractivity contribution in [1.82, 2.24) is 4.98 Å². The van der Waals surface area contributed by atoms with Crippen molar-refractivity contribution in [3.05, 3.63) is 24.4 Å². The van der Waals surface area contributed by atoms with Crippen LogP contribution in [0.1, 0.15) is 6.92 Å². The number of pyridine rings is 1. The molecule has 1 aromatic heterocycles. The van der Waals surface area contributed by atoms with Crippen molar-refractivity contribution < 1.29 is 9.90 Å². The van der Waals surface area contributed by atoms with Gasteiger partial charge in [-0.2, -0.15) is 0 Å². The number of aliphatic carboxylic acids is 1. The van der Waals surface area contributed by atoms with Crippen LogP contribution in [0.2, 0.25) is 0 Å². The molecule has 0 saturated carbocycles. The number of aromatic nitrogens is 1. The molecule has 3 nitrogen and oxygen atoms in total. The van der Waals surface area contributed by atoms with Gasteiger partial charge in [-0.3, -0.25) is 4.79 Å². The maximum Gasteiger partial charge on any atom is 0.317 e. The lowest BCUT2D eigenvalue weighted by atomic mass is 10.5. The van der Waals surface area contributed by atoms with Gasteiger partial charge in [-0.05, 0) is 17.9 Å². The zero-order chi connectivity index (χ0) is 13.4. The Labute approximate surface area is 125 Å². The largest absolute Gasteiger partial charge is 0.480 e. The van der Waals surface area contributed by atoms with E-state index in [2.05, 4.69) is 4.98 Å². The first-order valence-corrected chi connectivity index (χ1v) is 8.49. The third-order valence-electron chi connectivity index (χ3n) is 1.80. The lowest BCUT2D eigenvalue weighted by molar-refractivity contribution is -0.135. The summed E-state index contributed by atoms with van der Waals surface area (Å²) in [5.41, 5.74) is 0. The van der Waals surface area contributed by atoms with Crippen LogP contribution in [0.25, 0.3) is 0 Å². The predicted octanol–water partition coefficient (Wildman–Crippen LogP) is 3.40. The molecule has 0 fully saturated rings. The van der Waals surface area contributed by atoms with Gasteiger partial charge in [0.15, 0.2) is 0 Å². The van der Waals surface area contributed by atoms with E-state index in [0.717, 1.165) is 10.8 Å². The number of hydrogen-bond donors (Lipinski definition) is 1. The second-order valence-corrected chi connectivity index (χ2v) is 7.82. The van der Waals surface area contributed by atoms with Crippen molar-refractivity contribution in [1.29, 1.82) is 0 Å². The molecule has 0 aliphatic rings. The number of carboxylic acids is 1.